The first kappa shape index (κ1) is 6.53. The first-order chi connectivity index (χ1) is 5.81. The van der Waals surface area contributed by atoms with Gasteiger partial charge in [0.1, 0.15) is 5.75 Å². The van der Waals surface area contributed by atoms with Crippen LogP contribution in [0.15, 0.2) is 24.3 Å². The fraction of sp³-hybridized carbons (Fsp3) is 0.455. The van der Waals surface area contributed by atoms with E-state index in [1.54, 1.807) is 0 Å². The molecule has 1 heteroatoms. The lowest BCUT2D eigenvalue weighted by molar-refractivity contribution is 0.263. The highest BCUT2D eigenvalue weighted by molar-refractivity contribution is 5.46. The van der Waals surface area contributed by atoms with Crippen LogP contribution in [0.25, 0.3) is 0 Å². The van der Waals surface area contributed by atoms with Gasteiger partial charge in [0, 0.05) is 16.9 Å². The summed E-state index contributed by atoms with van der Waals surface area (Å²) in [4.78, 5) is 0. The molecule has 3 rings (SSSR count). The summed E-state index contributed by atoms with van der Waals surface area (Å²) in [6.07, 6.45) is 1.31. The van der Waals surface area contributed by atoms with Crippen LogP contribution in [-0.2, 0) is 5.41 Å². The van der Waals surface area contributed by atoms with Crippen molar-refractivity contribution in [3.8, 4) is 5.75 Å². The summed E-state index contributed by atoms with van der Waals surface area (Å²) in [7, 11) is 0. The van der Waals surface area contributed by atoms with E-state index < -0.39 is 0 Å². The summed E-state index contributed by atoms with van der Waals surface area (Å²) >= 11 is 0. The van der Waals surface area contributed by atoms with Crippen molar-refractivity contribution in [1.29, 1.82) is 0 Å². The fourth-order valence-electron chi connectivity index (χ4n) is 2.28. The van der Waals surface area contributed by atoms with Crippen molar-refractivity contribution in [2.45, 2.75) is 18.8 Å². The van der Waals surface area contributed by atoms with Crippen molar-refractivity contribution in [2.24, 2.45) is 5.92 Å². The molecule has 0 spiro atoms. The second-order valence-electron chi connectivity index (χ2n) is 4.13. The summed E-state index contributed by atoms with van der Waals surface area (Å²) in [6, 6.07) is 8.43. The van der Waals surface area contributed by atoms with E-state index in [1.807, 2.05) is 6.07 Å². The number of para-hydroxylation sites is 1. The number of rotatable bonds is 0. The van der Waals surface area contributed by atoms with Crippen LogP contribution >= 0.6 is 0 Å². The normalized spacial score (nSPS) is 36.2. The number of hydrogen-bond acceptors (Lipinski definition) is 1. The predicted molar refractivity (Wildman–Crippen MR) is 47.4 cm³/mol. The lowest BCUT2D eigenvalue weighted by Gasteiger charge is -2.22. The molecule has 1 nitrogen and oxygen atoms in total. The lowest BCUT2D eigenvalue weighted by atomic mass is 9.93. The van der Waals surface area contributed by atoms with Crippen molar-refractivity contribution >= 4 is 0 Å². The van der Waals surface area contributed by atoms with Crippen molar-refractivity contribution in [3.63, 3.8) is 0 Å². The molecule has 0 aromatic heterocycles. The minimum absolute atomic E-state index is 0.453. The first-order valence-corrected chi connectivity index (χ1v) is 4.53. The van der Waals surface area contributed by atoms with E-state index >= 15 is 0 Å². The van der Waals surface area contributed by atoms with Crippen molar-refractivity contribution in [1.82, 2.24) is 0 Å². The van der Waals surface area contributed by atoms with E-state index in [1.165, 1.54) is 12.0 Å². The van der Waals surface area contributed by atoms with E-state index in [2.05, 4.69) is 25.1 Å². The third-order valence-corrected chi connectivity index (χ3v) is 3.35. The van der Waals surface area contributed by atoms with Crippen LogP contribution in [0.5, 0.6) is 5.75 Å². The Kier molecular flexibility index (Phi) is 1.00. The fourth-order valence-corrected chi connectivity index (χ4v) is 2.28. The molecule has 62 valence electrons. The van der Waals surface area contributed by atoms with Crippen molar-refractivity contribution in [2.75, 3.05) is 6.61 Å². The zero-order chi connectivity index (χ0) is 8.18. The molecule has 0 radical (unpaired) electrons. The number of ether oxygens (including phenoxy) is 1. The molecular formula is C11H12O. The molecule has 0 saturated heterocycles. The Balaban J connectivity index is 2.19. The van der Waals surface area contributed by atoms with Crippen LogP contribution in [0.2, 0.25) is 0 Å². The molecule has 2 unspecified atom stereocenters. The smallest absolute Gasteiger partial charge is 0.123 e. The van der Waals surface area contributed by atoms with Crippen LogP contribution in [0, 0.1) is 5.92 Å². The molecule has 2 aliphatic rings. The Bertz CT molecular complexity index is 330. The van der Waals surface area contributed by atoms with Crippen LogP contribution < -0.4 is 4.74 Å². The largest absolute Gasteiger partial charge is 0.493 e. The Morgan fingerprint density at radius 1 is 1.42 bits per heavy atom. The average molecular weight is 160 g/mol. The van der Waals surface area contributed by atoms with Gasteiger partial charge in [0.05, 0.1) is 6.61 Å². The maximum Gasteiger partial charge on any atom is 0.123 e. The van der Waals surface area contributed by atoms with Gasteiger partial charge >= 0.3 is 0 Å². The summed E-state index contributed by atoms with van der Waals surface area (Å²) in [5.41, 5.74) is 1.87. The maximum atomic E-state index is 5.64. The SMILES string of the molecule is CC12CC1COc1ccccc12. The van der Waals surface area contributed by atoms with Gasteiger partial charge in [-0.1, -0.05) is 25.1 Å². The molecule has 12 heavy (non-hydrogen) atoms. The maximum absolute atomic E-state index is 5.64. The number of hydrogen-bond donors (Lipinski definition) is 0. The molecule has 0 amide bonds. The number of fused-ring (bicyclic) bond motifs is 3. The quantitative estimate of drug-likeness (QED) is 0.566. The zero-order valence-corrected chi connectivity index (χ0v) is 7.21. The minimum atomic E-state index is 0.453. The highest BCUT2D eigenvalue weighted by Crippen LogP contribution is 2.58. The molecule has 1 aliphatic heterocycles. The van der Waals surface area contributed by atoms with Gasteiger partial charge in [-0.25, -0.2) is 0 Å². The van der Waals surface area contributed by atoms with Gasteiger partial charge in [0.15, 0.2) is 0 Å². The molecule has 0 bridgehead atoms. The number of benzene rings is 1. The Labute approximate surface area is 72.4 Å². The molecule has 1 fully saturated rings. The predicted octanol–water partition coefficient (Wildman–Crippen LogP) is 2.36. The highest BCUT2D eigenvalue weighted by Gasteiger charge is 2.55. The molecule has 1 aliphatic carbocycles. The third-order valence-electron chi connectivity index (χ3n) is 3.35. The van der Waals surface area contributed by atoms with Gasteiger partial charge in [-0.05, 0) is 12.5 Å². The Morgan fingerprint density at radius 2 is 2.25 bits per heavy atom. The summed E-state index contributed by atoms with van der Waals surface area (Å²) in [6.45, 7) is 3.27. The average Bonchev–Trinajstić information content (AvgIpc) is 2.78. The van der Waals surface area contributed by atoms with Crippen LogP contribution in [0.3, 0.4) is 0 Å². The molecular weight excluding hydrogens is 148 g/mol. The lowest BCUT2D eigenvalue weighted by Crippen LogP contribution is -2.17. The van der Waals surface area contributed by atoms with E-state index in [0.29, 0.717) is 5.41 Å². The molecule has 1 saturated carbocycles. The summed E-state index contributed by atoms with van der Waals surface area (Å²) in [5, 5.41) is 0. The van der Waals surface area contributed by atoms with Crippen LogP contribution in [0.1, 0.15) is 18.9 Å². The Hall–Kier alpha value is -0.980. The van der Waals surface area contributed by atoms with E-state index in [9.17, 15) is 0 Å². The molecule has 2 atom stereocenters. The first-order valence-electron chi connectivity index (χ1n) is 4.53. The topological polar surface area (TPSA) is 9.23 Å². The summed E-state index contributed by atoms with van der Waals surface area (Å²) in [5.74, 6) is 1.89. The van der Waals surface area contributed by atoms with Gasteiger partial charge in [-0.2, -0.15) is 0 Å². The molecule has 1 aromatic rings. The van der Waals surface area contributed by atoms with Crippen LogP contribution in [0.4, 0.5) is 0 Å². The summed E-state index contributed by atoms with van der Waals surface area (Å²) < 4.78 is 5.64. The molecule has 1 aromatic carbocycles. The molecule has 1 heterocycles. The standard InChI is InChI=1S/C11H12O/c1-11-6-8(11)7-12-10-5-3-2-4-9(10)11/h2-5,8H,6-7H2,1H3. The van der Waals surface area contributed by atoms with Crippen LogP contribution in [-0.4, -0.2) is 6.61 Å². The zero-order valence-electron chi connectivity index (χ0n) is 7.21. The second kappa shape index (κ2) is 1.85. The van der Waals surface area contributed by atoms with E-state index in [0.717, 1.165) is 18.3 Å². The van der Waals surface area contributed by atoms with E-state index in [-0.39, 0.29) is 0 Å². The van der Waals surface area contributed by atoms with Crippen molar-refractivity contribution in [3.05, 3.63) is 29.8 Å². The van der Waals surface area contributed by atoms with Crippen molar-refractivity contribution < 1.29 is 4.74 Å². The monoisotopic (exact) mass is 160 g/mol. The van der Waals surface area contributed by atoms with Gasteiger partial charge in [0.25, 0.3) is 0 Å². The highest BCUT2D eigenvalue weighted by atomic mass is 16.5. The molecule has 0 N–H and O–H groups in total. The van der Waals surface area contributed by atoms with Gasteiger partial charge < -0.3 is 4.74 Å². The third kappa shape index (κ3) is 0.644. The van der Waals surface area contributed by atoms with Gasteiger partial charge in [0.2, 0.25) is 0 Å². The van der Waals surface area contributed by atoms with E-state index in [4.69, 9.17) is 4.74 Å². The van der Waals surface area contributed by atoms with Gasteiger partial charge in [-0.15, -0.1) is 0 Å². The second-order valence-corrected chi connectivity index (χ2v) is 4.13. The minimum Gasteiger partial charge on any atom is -0.493 e. The Morgan fingerprint density at radius 3 is 3.17 bits per heavy atom. The van der Waals surface area contributed by atoms with Gasteiger partial charge in [-0.3, -0.25) is 0 Å².